The van der Waals surface area contributed by atoms with Crippen LogP contribution in [-0.4, -0.2) is 35.8 Å². The molecular weight excluding hydrogens is 342 g/mol. The summed E-state index contributed by atoms with van der Waals surface area (Å²) in [6.45, 7) is 1.79. The zero-order chi connectivity index (χ0) is 17.4. The van der Waals surface area contributed by atoms with Crippen LogP contribution in [0.2, 0.25) is 5.02 Å². The van der Waals surface area contributed by atoms with Crippen molar-refractivity contribution in [3.8, 4) is 5.82 Å². The molecule has 0 aliphatic carbocycles. The molecule has 0 saturated carbocycles. The van der Waals surface area contributed by atoms with Crippen LogP contribution in [0, 0.1) is 6.92 Å². The van der Waals surface area contributed by atoms with Gasteiger partial charge in [0.15, 0.2) is 11.5 Å². The molecule has 1 aromatic carbocycles. The number of nitrogens with one attached hydrogen (secondary N) is 1. The fourth-order valence-corrected chi connectivity index (χ4v) is 2.59. The summed E-state index contributed by atoms with van der Waals surface area (Å²) in [5.41, 5.74) is 2.05. The van der Waals surface area contributed by atoms with Crippen LogP contribution in [0.3, 0.4) is 0 Å². The Morgan fingerprint density at radius 1 is 1.24 bits per heavy atom. The third-order valence-corrected chi connectivity index (χ3v) is 4.00. The molecule has 9 heteroatoms. The van der Waals surface area contributed by atoms with Gasteiger partial charge in [-0.05, 0) is 31.2 Å². The monoisotopic (exact) mass is 353 g/mol. The largest absolute Gasteiger partial charge is 0.293 e. The van der Waals surface area contributed by atoms with Crippen LogP contribution in [-0.2, 0) is 0 Å². The lowest BCUT2D eigenvalue weighted by atomic mass is 10.3. The lowest BCUT2D eigenvalue weighted by Gasteiger charge is -2.00. The van der Waals surface area contributed by atoms with Crippen molar-refractivity contribution >= 4 is 29.2 Å². The summed E-state index contributed by atoms with van der Waals surface area (Å²) in [7, 11) is 0. The number of benzene rings is 1. The van der Waals surface area contributed by atoms with E-state index in [2.05, 4.69) is 25.4 Å². The van der Waals surface area contributed by atoms with E-state index in [0.717, 1.165) is 0 Å². The quantitative estimate of drug-likeness (QED) is 0.572. The number of aromatic nitrogens is 6. The summed E-state index contributed by atoms with van der Waals surface area (Å²) in [6, 6.07) is 10.6. The highest BCUT2D eigenvalue weighted by atomic mass is 35.5. The zero-order valence-electron chi connectivity index (χ0n) is 13.1. The van der Waals surface area contributed by atoms with Crippen molar-refractivity contribution in [2.24, 2.45) is 4.99 Å². The Kier molecular flexibility index (Phi) is 3.66. The van der Waals surface area contributed by atoms with Crippen LogP contribution in [0.5, 0.6) is 0 Å². The number of para-hydroxylation sites is 1. The molecule has 0 aliphatic rings. The number of hydrogen-bond donors (Lipinski definition) is 1. The molecule has 0 bridgehead atoms. The number of H-pyrrole nitrogens is 1. The van der Waals surface area contributed by atoms with E-state index in [9.17, 15) is 4.79 Å². The highest BCUT2D eigenvalue weighted by molar-refractivity contribution is 6.33. The van der Waals surface area contributed by atoms with Crippen molar-refractivity contribution in [3.05, 3.63) is 69.4 Å². The molecule has 0 amide bonds. The zero-order valence-corrected chi connectivity index (χ0v) is 13.8. The van der Waals surface area contributed by atoms with Crippen molar-refractivity contribution in [2.75, 3.05) is 0 Å². The molecule has 0 radical (unpaired) electrons. The van der Waals surface area contributed by atoms with Crippen molar-refractivity contribution in [1.29, 1.82) is 0 Å². The Hall–Kier alpha value is -3.26. The summed E-state index contributed by atoms with van der Waals surface area (Å²) in [5.74, 6) is 0.429. The topological polar surface area (TPSA) is 93.2 Å². The average molecular weight is 354 g/mol. The Morgan fingerprint density at radius 3 is 2.92 bits per heavy atom. The summed E-state index contributed by atoms with van der Waals surface area (Å²) in [5, 5.41) is 15.5. The van der Waals surface area contributed by atoms with Crippen LogP contribution in [0.4, 0.5) is 5.69 Å². The highest BCUT2D eigenvalue weighted by Crippen LogP contribution is 2.23. The van der Waals surface area contributed by atoms with Gasteiger partial charge in [-0.25, -0.2) is 0 Å². The van der Waals surface area contributed by atoms with Crippen molar-refractivity contribution in [2.45, 2.75) is 6.92 Å². The molecule has 0 unspecified atom stereocenters. The molecule has 4 aromatic rings. The summed E-state index contributed by atoms with van der Waals surface area (Å²) >= 11 is 6.09. The van der Waals surface area contributed by atoms with Gasteiger partial charge in [0.05, 0.1) is 16.3 Å². The second-order valence-electron chi connectivity index (χ2n) is 5.33. The Bertz CT molecular complexity index is 1150. The van der Waals surface area contributed by atoms with E-state index in [1.165, 1.54) is 21.7 Å². The van der Waals surface area contributed by atoms with Gasteiger partial charge in [0.1, 0.15) is 6.33 Å². The van der Waals surface area contributed by atoms with Crippen LogP contribution < -0.4 is 5.56 Å². The van der Waals surface area contributed by atoms with E-state index in [1.54, 1.807) is 31.2 Å². The maximum absolute atomic E-state index is 12.7. The van der Waals surface area contributed by atoms with Gasteiger partial charge in [0, 0.05) is 11.9 Å². The van der Waals surface area contributed by atoms with Gasteiger partial charge in [-0.2, -0.15) is 9.20 Å². The van der Waals surface area contributed by atoms with E-state index in [-0.39, 0.29) is 5.56 Å². The van der Waals surface area contributed by atoms with Gasteiger partial charge in [-0.1, -0.05) is 23.7 Å². The molecule has 0 aliphatic heterocycles. The molecule has 1 N–H and O–H groups in total. The van der Waals surface area contributed by atoms with E-state index in [1.807, 2.05) is 12.1 Å². The smallest absolute Gasteiger partial charge is 0.281 e. The predicted molar refractivity (Wildman–Crippen MR) is 94.2 cm³/mol. The van der Waals surface area contributed by atoms with Gasteiger partial charge in [0.2, 0.25) is 0 Å². The van der Waals surface area contributed by atoms with Crippen molar-refractivity contribution in [3.63, 3.8) is 0 Å². The SMILES string of the molecule is Cc1[nH]n(-c2ccc3nncn3n2)c(=O)c1C=Nc1ccccc1Cl. The first-order valence-electron chi connectivity index (χ1n) is 7.41. The number of aliphatic imine (C=N–C) groups is 1. The third kappa shape index (κ3) is 2.72. The molecule has 25 heavy (non-hydrogen) atoms. The minimum Gasteiger partial charge on any atom is -0.293 e. The standard InChI is InChI=1S/C16H12ClN7O/c1-10-11(8-18-13-5-3-2-4-12(13)17)16(25)24(21-10)15-7-6-14-20-19-9-23(14)22-15/h2-9,21H,1H3. The molecule has 8 nitrogen and oxygen atoms in total. The van der Waals surface area contributed by atoms with E-state index >= 15 is 0 Å². The molecule has 124 valence electrons. The van der Waals surface area contributed by atoms with Gasteiger partial charge in [-0.3, -0.25) is 14.9 Å². The molecule has 0 fully saturated rings. The first kappa shape index (κ1) is 15.3. The molecular formula is C16H12ClN7O. The predicted octanol–water partition coefficient (Wildman–Crippen LogP) is 2.32. The number of aryl methyl sites for hydroxylation is 1. The summed E-state index contributed by atoms with van der Waals surface area (Å²) in [4.78, 5) is 17.0. The molecule has 3 heterocycles. The van der Waals surface area contributed by atoms with Crippen LogP contribution in [0.1, 0.15) is 11.3 Å². The van der Waals surface area contributed by atoms with Crippen LogP contribution in [0.25, 0.3) is 11.5 Å². The number of hydrogen-bond acceptors (Lipinski definition) is 5. The summed E-state index contributed by atoms with van der Waals surface area (Å²) < 4.78 is 2.85. The maximum Gasteiger partial charge on any atom is 0.281 e. The second kappa shape index (κ2) is 5.99. The fraction of sp³-hybridized carbons (Fsp3) is 0.0625. The van der Waals surface area contributed by atoms with Crippen LogP contribution >= 0.6 is 11.6 Å². The molecule has 3 aromatic heterocycles. The lowest BCUT2D eigenvalue weighted by molar-refractivity contribution is 0.765. The van der Waals surface area contributed by atoms with Gasteiger partial charge in [-0.15, -0.1) is 15.3 Å². The lowest BCUT2D eigenvalue weighted by Crippen LogP contribution is -2.19. The highest BCUT2D eigenvalue weighted by Gasteiger charge is 2.12. The Morgan fingerprint density at radius 2 is 2.08 bits per heavy atom. The number of rotatable bonds is 3. The number of fused-ring (bicyclic) bond motifs is 1. The Labute approximate surface area is 146 Å². The first-order chi connectivity index (χ1) is 12.1. The average Bonchev–Trinajstić information content (AvgIpc) is 3.18. The van der Waals surface area contributed by atoms with Crippen molar-refractivity contribution in [1.82, 2.24) is 29.6 Å². The van der Waals surface area contributed by atoms with E-state index < -0.39 is 0 Å². The molecule has 0 saturated heterocycles. The molecule has 0 atom stereocenters. The van der Waals surface area contributed by atoms with Crippen molar-refractivity contribution < 1.29 is 0 Å². The first-order valence-corrected chi connectivity index (χ1v) is 7.79. The molecule has 4 rings (SSSR count). The Balaban J connectivity index is 1.76. The summed E-state index contributed by atoms with van der Waals surface area (Å²) in [6.07, 6.45) is 2.97. The molecule has 0 spiro atoms. The fourth-order valence-electron chi connectivity index (χ4n) is 2.40. The number of nitrogens with zero attached hydrogens (tertiary/aromatic N) is 6. The van der Waals surface area contributed by atoms with E-state index in [4.69, 9.17) is 11.6 Å². The number of halogens is 1. The minimum atomic E-state index is -0.256. The van der Waals surface area contributed by atoms with Gasteiger partial charge < -0.3 is 0 Å². The second-order valence-corrected chi connectivity index (χ2v) is 5.73. The maximum atomic E-state index is 12.7. The number of aromatic amines is 1. The third-order valence-electron chi connectivity index (χ3n) is 3.68. The van der Waals surface area contributed by atoms with Crippen LogP contribution in [0.15, 0.2) is 52.5 Å². The van der Waals surface area contributed by atoms with Gasteiger partial charge in [0.25, 0.3) is 5.56 Å². The van der Waals surface area contributed by atoms with E-state index in [0.29, 0.717) is 33.4 Å². The minimum absolute atomic E-state index is 0.256. The van der Waals surface area contributed by atoms with Gasteiger partial charge >= 0.3 is 0 Å². The normalized spacial score (nSPS) is 11.6.